The van der Waals surface area contributed by atoms with Crippen molar-refractivity contribution in [3.05, 3.63) is 0 Å². The van der Waals surface area contributed by atoms with Gasteiger partial charge < -0.3 is 4.74 Å². The van der Waals surface area contributed by atoms with Crippen LogP contribution in [0.4, 0.5) is 0 Å². The average Bonchev–Trinajstić information content (AvgIpc) is 2.86. The molecule has 8 atom stereocenters. The maximum atomic E-state index is 12.6. The van der Waals surface area contributed by atoms with Crippen LogP contribution < -0.4 is 0 Å². The van der Waals surface area contributed by atoms with Crippen molar-refractivity contribution in [3.63, 3.8) is 0 Å². The van der Waals surface area contributed by atoms with Gasteiger partial charge in [0, 0.05) is 25.2 Å². The van der Waals surface area contributed by atoms with Gasteiger partial charge in [-0.05, 0) is 61.7 Å². The monoisotopic (exact) mass is 400 g/mol. The van der Waals surface area contributed by atoms with Gasteiger partial charge in [0.2, 0.25) is 0 Å². The third-order valence-corrected chi connectivity index (χ3v) is 10.2. The van der Waals surface area contributed by atoms with E-state index in [0.717, 1.165) is 44.9 Å². The van der Waals surface area contributed by atoms with Crippen molar-refractivity contribution < 1.29 is 14.3 Å². The van der Waals surface area contributed by atoms with Crippen molar-refractivity contribution in [2.45, 2.75) is 88.5 Å². The number of ether oxygens (including phenoxy) is 1. The number of alkyl halides is 2. The SMILES string of the molecule is CC(=O)O[C@H]1CC[C@]2(C)[C@H]3CC[C@]4(C)C(=O)CC[C@H]4[C@@H]3C[C@@H](Cl)[C@@]2(Cl)C1. The van der Waals surface area contributed by atoms with Crippen molar-refractivity contribution in [2.75, 3.05) is 0 Å². The fourth-order valence-electron chi connectivity index (χ4n) is 7.25. The molecule has 0 aliphatic heterocycles. The minimum atomic E-state index is -0.537. The predicted octanol–water partition coefficient (Wildman–Crippen LogP) is 5.11. The molecular weight excluding hydrogens is 371 g/mol. The van der Waals surface area contributed by atoms with E-state index < -0.39 is 4.87 Å². The van der Waals surface area contributed by atoms with Gasteiger partial charge in [-0.25, -0.2) is 0 Å². The molecule has 0 aromatic rings. The summed E-state index contributed by atoms with van der Waals surface area (Å²) in [7, 11) is 0. The molecule has 0 heterocycles. The molecule has 0 N–H and O–H groups in total. The Labute approximate surface area is 166 Å². The molecule has 146 valence electrons. The second-order valence-electron chi connectivity index (χ2n) is 9.75. The Morgan fingerprint density at radius 2 is 1.88 bits per heavy atom. The molecule has 0 spiro atoms. The number of Topliss-reactive ketones (excluding diaryl/α,β-unsaturated/α-hetero) is 1. The summed E-state index contributed by atoms with van der Waals surface area (Å²) < 4.78 is 5.51. The lowest BCUT2D eigenvalue weighted by Gasteiger charge is -2.64. The van der Waals surface area contributed by atoms with E-state index in [1.807, 2.05) is 0 Å². The van der Waals surface area contributed by atoms with Gasteiger partial charge in [-0.2, -0.15) is 0 Å². The summed E-state index contributed by atoms with van der Waals surface area (Å²) in [4.78, 5) is 23.4. The third-order valence-electron chi connectivity index (χ3n) is 8.73. The molecule has 5 heteroatoms. The van der Waals surface area contributed by atoms with Gasteiger partial charge in [0.1, 0.15) is 11.9 Å². The van der Waals surface area contributed by atoms with Crippen molar-refractivity contribution in [1.82, 2.24) is 0 Å². The number of carbonyl (C=O) groups is 2. The fraction of sp³-hybridized carbons (Fsp3) is 0.905. The molecule has 3 nitrogen and oxygen atoms in total. The van der Waals surface area contributed by atoms with Gasteiger partial charge in [-0.15, -0.1) is 23.2 Å². The summed E-state index contributed by atoms with van der Waals surface area (Å²) in [5.41, 5.74) is -0.205. The number of carbonyl (C=O) groups excluding carboxylic acids is 2. The topological polar surface area (TPSA) is 43.4 Å². The number of esters is 1. The molecule has 4 aliphatic rings. The second-order valence-corrected chi connectivity index (χ2v) is 11.0. The van der Waals surface area contributed by atoms with Gasteiger partial charge in [0.15, 0.2) is 0 Å². The van der Waals surface area contributed by atoms with Crippen LogP contribution in [0.3, 0.4) is 0 Å². The standard InChI is InChI=1S/C21H30Cl2O3/c1-12(24)26-13-6-9-20(3)16-7-8-19(2)15(4-5-18(19)25)14(16)10-17(22)21(20,23)11-13/h13-17H,4-11H2,1-3H3/t13-,14-,15-,16-,17+,19-,20+,21-/m0/s1. The van der Waals surface area contributed by atoms with E-state index in [1.54, 1.807) is 0 Å². The summed E-state index contributed by atoms with van der Waals surface area (Å²) in [5.74, 6) is 1.68. The molecule has 0 radical (unpaired) electrons. The number of rotatable bonds is 1. The van der Waals surface area contributed by atoms with Crippen molar-refractivity contribution in [3.8, 4) is 0 Å². The first-order chi connectivity index (χ1) is 12.1. The second kappa shape index (κ2) is 6.11. The lowest BCUT2D eigenvalue weighted by molar-refractivity contribution is -0.156. The zero-order chi connectivity index (χ0) is 18.9. The highest BCUT2D eigenvalue weighted by Gasteiger charge is 2.67. The summed E-state index contributed by atoms with van der Waals surface area (Å²) in [5, 5.41) is -0.146. The Morgan fingerprint density at radius 3 is 2.58 bits per heavy atom. The lowest BCUT2D eigenvalue weighted by Crippen LogP contribution is -2.65. The van der Waals surface area contributed by atoms with E-state index in [9.17, 15) is 9.59 Å². The zero-order valence-electron chi connectivity index (χ0n) is 16.0. The third kappa shape index (κ3) is 2.45. The van der Waals surface area contributed by atoms with Crippen molar-refractivity contribution >= 4 is 35.0 Å². The van der Waals surface area contributed by atoms with Gasteiger partial charge in [-0.3, -0.25) is 9.59 Å². The van der Waals surface area contributed by atoms with E-state index in [4.69, 9.17) is 27.9 Å². The van der Waals surface area contributed by atoms with Gasteiger partial charge >= 0.3 is 5.97 Å². The van der Waals surface area contributed by atoms with Gasteiger partial charge in [0.05, 0.1) is 10.3 Å². The fourth-order valence-corrected chi connectivity index (χ4v) is 8.29. The Hall–Kier alpha value is -0.280. The quantitative estimate of drug-likeness (QED) is 0.453. The Bertz CT molecular complexity index is 637. The van der Waals surface area contributed by atoms with Crippen LogP contribution in [0.5, 0.6) is 0 Å². The molecule has 26 heavy (non-hydrogen) atoms. The molecule has 4 fully saturated rings. The van der Waals surface area contributed by atoms with Crippen LogP contribution in [0.15, 0.2) is 0 Å². The first kappa shape index (κ1) is 19.1. The maximum Gasteiger partial charge on any atom is 0.302 e. The molecule has 0 aromatic carbocycles. The summed E-state index contributed by atoms with van der Waals surface area (Å²) in [6, 6.07) is 0. The van der Waals surface area contributed by atoms with Crippen LogP contribution in [0, 0.1) is 28.6 Å². The Morgan fingerprint density at radius 1 is 1.15 bits per heavy atom. The number of hydrogen-bond acceptors (Lipinski definition) is 3. The highest BCUT2D eigenvalue weighted by atomic mass is 35.5. The molecule has 0 amide bonds. The number of halogens is 2. The number of fused-ring (bicyclic) bond motifs is 5. The van der Waals surface area contributed by atoms with E-state index >= 15 is 0 Å². The molecule has 0 aromatic heterocycles. The van der Waals surface area contributed by atoms with Crippen LogP contribution in [0.25, 0.3) is 0 Å². The molecule has 4 saturated carbocycles. The molecule has 0 bridgehead atoms. The molecule has 4 aliphatic carbocycles. The Kier molecular flexibility index (Phi) is 4.48. The largest absolute Gasteiger partial charge is 0.462 e. The van der Waals surface area contributed by atoms with Gasteiger partial charge in [-0.1, -0.05) is 13.8 Å². The van der Waals surface area contributed by atoms with Crippen LogP contribution in [0.2, 0.25) is 0 Å². The van der Waals surface area contributed by atoms with Gasteiger partial charge in [0.25, 0.3) is 0 Å². The smallest absolute Gasteiger partial charge is 0.302 e. The van der Waals surface area contributed by atoms with E-state index in [0.29, 0.717) is 30.0 Å². The van der Waals surface area contributed by atoms with Crippen molar-refractivity contribution in [1.29, 1.82) is 0 Å². The average molecular weight is 401 g/mol. The molecule has 4 rings (SSSR count). The zero-order valence-corrected chi connectivity index (χ0v) is 17.5. The first-order valence-electron chi connectivity index (χ1n) is 10.2. The van der Waals surface area contributed by atoms with Crippen LogP contribution in [0.1, 0.15) is 72.1 Å². The molecule has 0 unspecified atom stereocenters. The molecular formula is C21H30Cl2O3. The lowest BCUT2D eigenvalue weighted by atomic mass is 9.44. The van der Waals surface area contributed by atoms with Crippen LogP contribution in [-0.4, -0.2) is 28.1 Å². The summed E-state index contributed by atoms with van der Waals surface area (Å²) in [6.45, 7) is 5.97. The molecule has 0 saturated heterocycles. The van der Waals surface area contributed by atoms with E-state index in [2.05, 4.69) is 13.8 Å². The van der Waals surface area contributed by atoms with Crippen LogP contribution in [-0.2, 0) is 14.3 Å². The number of ketones is 1. The van der Waals surface area contributed by atoms with E-state index in [-0.39, 0.29) is 28.3 Å². The van der Waals surface area contributed by atoms with Crippen LogP contribution >= 0.6 is 23.2 Å². The Balaban J connectivity index is 1.65. The number of hydrogen-bond donors (Lipinski definition) is 0. The maximum absolute atomic E-state index is 12.6. The highest BCUT2D eigenvalue weighted by molar-refractivity contribution is 6.33. The minimum Gasteiger partial charge on any atom is -0.462 e. The van der Waals surface area contributed by atoms with Crippen molar-refractivity contribution in [2.24, 2.45) is 28.6 Å². The predicted molar refractivity (Wildman–Crippen MR) is 102 cm³/mol. The normalized spacial score (nSPS) is 53.4. The van der Waals surface area contributed by atoms with E-state index in [1.165, 1.54) is 6.92 Å². The first-order valence-corrected chi connectivity index (χ1v) is 11.0. The highest BCUT2D eigenvalue weighted by Crippen LogP contribution is 2.69. The summed E-state index contributed by atoms with van der Waals surface area (Å²) >= 11 is 14.2. The summed E-state index contributed by atoms with van der Waals surface area (Å²) in [6.07, 6.45) is 6.99. The minimum absolute atomic E-state index is 0.0620.